The number of carbonyl (C=O) groups excluding carboxylic acids is 1. The zero-order chi connectivity index (χ0) is 13.7. The summed E-state index contributed by atoms with van der Waals surface area (Å²) in [6.45, 7) is 2.57. The normalized spacial score (nSPS) is 20.2. The number of rotatable bonds is 4. The van der Waals surface area contributed by atoms with Crippen LogP contribution in [0.5, 0.6) is 0 Å². The van der Waals surface area contributed by atoms with Crippen molar-refractivity contribution in [2.24, 2.45) is 0 Å². The molecule has 1 aromatic rings. The quantitative estimate of drug-likeness (QED) is 0.834. The summed E-state index contributed by atoms with van der Waals surface area (Å²) in [5, 5.41) is 9.10. The molecule has 19 heavy (non-hydrogen) atoms. The van der Waals surface area contributed by atoms with Crippen LogP contribution >= 0.6 is 0 Å². The van der Waals surface area contributed by atoms with Crippen molar-refractivity contribution in [3.63, 3.8) is 0 Å². The lowest BCUT2D eigenvalue weighted by Crippen LogP contribution is -2.54. The van der Waals surface area contributed by atoms with Crippen LogP contribution in [0.3, 0.4) is 0 Å². The number of hydrogen-bond donors (Lipinski definition) is 1. The molecule has 0 aromatic heterocycles. The largest absolute Gasteiger partial charge is 0.465 e. The maximum Gasteiger partial charge on any atom is 0.407 e. The summed E-state index contributed by atoms with van der Waals surface area (Å²) >= 11 is 0. The smallest absolute Gasteiger partial charge is 0.407 e. The number of carbonyl (C=O) groups is 2. The third-order valence-electron chi connectivity index (χ3n) is 3.43. The second-order valence-electron chi connectivity index (χ2n) is 4.75. The van der Waals surface area contributed by atoms with Crippen molar-refractivity contribution in [2.75, 3.05) is 19.6 Å². The maximum absolute atomic E-state index is 11.1. The lowest BCUT2D eigenvalue weighted by Gasteiger charge is -2.39. The topological polar surface area (TPSA) is 60.9 Å². The summed E-state index contributed by atoms with van der Waals surface area (Å²) < 4.78 is 0. The summed E-state index contributed by atoms with van der Waals surface area (Å²) in [5.74, 6) is 0. The first-order chi connectivity index (χ1) is 9.20. The van der Waals surface area contributed by atoms with Crippen LogP contribution < -0.4 is 0 Å². The Labute approximate surface area is 112 Å². The minimum atomic E-state index is -0.939. The van der Waals surface area contributed by atoms with E-state index in [-0.39, 0.29) is 12.5 Å². The lowest BCUT2D eigenvalue weighted by atomic mass is 10.1. The summed E-state index contributed by atoms with van der Waals surface area (Å²) in [5.41, 5.74) is 1.20. The van der Waals surface area contributed by atoms with E-state index in [1.807, 2.05) is 18.2 Å². The number of benzene rings is 1. The van der Waals surface area contributed by atoms with E-state index in [2.05, 4.69) is 17.0 Å². The first kappa shape index (κ1) is 13.5. The molecule has 0 aliphatic carbocycles. The number of piperazine rings is 1. The van der Waals surface area contributed by atoms with Gasteiger partial charge in [-0.15, -0.1) is 0 Å². The molecule has 0 radical (unpaired) electrons. The van der Waals surface area contributed by atoms with Gasteiger partial charge in [-0.25, -0.2) is 4.79 Å². The third kappa shape index (κ3) is 3.54. The molecule has 1 heterocycles. The number of amides is 1. The van der Waals surface area contributed by atoms with Gasteiger partial charge in [-0.1, -0.05) is 30.3 Å². The molecule has 102 valence electrons. The van der Waals surface area contributed by atoms with E-state index >= 15 is 0 Å². The van der Waals surface area contributed by atoms with Gasteiger partial charge in [0.25, 0.3) is 0 Å². The molecule has 0 unspecified atom stereocenters. The Morgan fingerprint density at radius 1 is 1.32 bits per heavy atom. The molecule has 0 bridgehead atoms. The third-order valence-corrected chi connectivity index (χ3v) is 3.43. The van der Waals surface area contributed by atoms with Gasteiger partial charge < -0.3 is 14.8 Å². The fourth-order valence-corrected chi connectivity index (χ4v) is 2.47. The van der Waals surface area contributed by atoms with Crippen molar-refractivity contribution in [3.8, 4) is 0 Å². The van der Waals surface area contributed by atoms with E-state index in [1.165, 1.54) is 10.5 Å². The average molecular weight is 262 g/mol. The van der Waals surface area contributed by atoms with Crippen LogP contribution in [0.1, 0.15) is 12.0 Å². The van der Waals surface area contributed by atoms with Gasteiger partial charge in [0.15, 0.2) is 0 Å². The Kier molecular flexibility index (Phi) is 4.52. The van der Waals surface area contributed by atoms with Gasteiger partial charge in [0.2, 0.25) is 0 Å². The molecule has 5 nitrogen and oxygen atoms in total. The molecule has 2 rings (SSSR count). The van der Waals surface area contributed by atoms with Crippen LogP contribution in [0, 0.1) is 0 Å². The van der Waals surface area contributed by atoms with Gasteiger partial charge in [-0.2, -0.15) is 0 Å². The summed E-state index contributed by atoms with van der Waals surface area (Å²) in [6, 6.07) is 9.84. The monoisotopic (exact) mass is 262 g/mol. The van der Waals surface area contributed by atoms with Gasteiger partial charge in [-0.05, 0) is 5.56 Å². The molecule has 0 saturated carbocycles. The highest BCUT2D eigenvalue weighted by atomic mass is 16.4. The van der Waals surface area contributed by atoms with Crippen LogP contribution in [0.2, 0.25) is 0 Å². The van der Waals surface area contributed by atoms with Crippen LogP contribution in [-0.2, 0) is 11.3 Å². The predicted octanol–water partition coefficient (Wildman–Crippen LogP) is 1.44. The van der Waals surface area contributed by atoms with Gasteiger partial charge in [0, 0.05) is 32.6 Å². The van der Waals surface area contributed by atoms with Crippen molar-refractivity contribution in [3.05, 3.63) is 35.9 Å². The van der Waals surface area contributed by atoms with Crippen molar-refractivity contribution < 1.29 is 14.7 Å². The summed E-state index contributed by atoms with van der Waals surface area (Å²) in [6.07, 6.45) is 0.121. The van der Waals surface area contributed by atoms with E-state index < -0.39 is 6.09 Å². The van der Waals surface area contributed by atoms with E-state index in [0.717, 1.165) is 12.8 Å². The lowest BCUT2D eigenvalue weighted by molar-refractivity contribution is -0.109. The highest BCUT2D eigenvalue weighted by molar-refractivity contribution is 5.66. The van der Waals surface area contributed by atoms with E-state index in [1.54, 1.807) is 0 Å². The van der Waals surface area contributed by atoms with Crippen molar-refractivity contribution in [1.82, 2.24) is 9.80 Å². The zero-order valence-electron chi connectivity index (χ0n) is 10.7. The molecule has 1 N–H and O–H groups in total. The Morgan fingerprint density at radius 2 is 2.05 bits per heavy atom. The molecular formula is C14H18N2O3. The fourth-order valence-electron chi connectivity index (χ4n) is 2.47. The molecular weight excluding hydrogens is 244 g/mol. The molecule has 1 fully saturated rings. The Morgan fingerprint density at radius 3 is 2.68 bits per heavy atom. The minimum Gasteiger partial charge on any atom is -0.465 e. The fraction of sp³-hybridized carbons (Fsp3) is 0.429. The van der Waals surface area contributed by atoms with Crippen molar-refractivity contribution >= 4 is 12.4 Å². The van der Waals surface area contributed by atoms with Crippen molar-refractivity contribution in [1.29, 1.82) is 0 Å². The SMILES string of the molecule is O=CC[C@H]1CN(Cc2ccccc2)CCN1C(=O)O. The molecule has 5 heteroatoms. The number of nitrogens with zero attached hydrogens (tertiary/aromatic N) is 2. The van der Waals surface area contributed by atoms with Crippen molar-refractivity contribution in [2.45, 2.75) is 19.0 Å². The van der Waals surface area contributed by atoms with Gasteiger partial charge in [-0.3, -0.25) is 4.90 Å². The molecule has 1 aromatic carbocycles. The average Bonchev–Trinajstić information content (AvgIpc) is 2.40. The summed E-state index contributed by atoms with van der Waals surface area (Å²) in [4.78, 5) is 25.3. The van der Waals surface area contributed by atoms with E-state index in [0.29, 0.717) is 19.6 Å². The van der Waals surface area contributed by atoms with Crippen LogP contribution in [-0.4, -0.2) is 53.0 Å². The second kappa shape index (κ2) is 6.33. The maximum atomic E-state index is 11.1. The predicted molar refractivity (Wildman–Crippen MR) is 70.9 cm³/mol. The molecule has 1 amide bonds. The Balaban J connectivity index is 1.98. The van der Waals surface area contributed by atoms with Gasteiger partial charge in [0.05, 0.1) is 6.04 Å². The second-order valence-corrected chi connectivity index (χ2v) is 4.75. The molecule has 1 aliphatic heterocycles. The van der Waals surface area contributed by atoms with Gasteiger partial charge in [0.1, 0.15) is 6.29 Å². The summed E-state index contributed by atoms with van der Waals surface area (Å²) in [7, 11) is 0. The van der Waals surface area contributed by atoms with Crippen LogP contribution in [0.4, 0.5) is 4.79 Å². The van der Waals surface area contributed by atoms with Crippen LogP contribution in [0.15, 0.2) is 30.3 Å². The first-order valence-corrected chi connectivity index (χ1v) is 6.40. The highest BCUT2D eigenvalue weighted by Crippen LogP contribution is 2.15. The van der Waals surface area contributed by atoms with E-state index in [9.17, 15) is 9.59 Å². The first-order valence-electron chi connectivity index (χ1n) is 6.40. The number of aldehydes is 1. The zero-order valence-corrected chi connectivity index (χ0v) is 10.7. The Hall–Kier alpha value is -1.88. The molecule has 1 saturated heterocycles. The minimum absolute atomic E-state index is 0.229. The number of hydrogen-bond acceptors (Lipinski definition) is 3. The number of carboxylic acid groups (broad SMARTS) is 1. The Bertz CT molecular complexity index is 436. The van der Waals surface area contributed by atoms with Gasteiger partial charge >= 0.3 is 6.09 Å². The standard InChI is InChI=1S/C14H18N2O3/c17-9-6-13-11-15(7-8-16(13)14(18)19)10-12-4-2-1-3-5-12/h1-5,9,13H,6-8,10-11H2,(H,18,19)/t13-/m0/s1. The highest BCUT2D eigenvalue weighted by Gasteiger charge is 2.29. The molecule has 1 aliphatic rings. The van der Waals surface area contributed by atoms with E-state index in [4.69, 9.17) is 5.11 Å². The molecule has 1 atom stereocenters. The van der Waals surface area contributed by atoms with Crippen LogP contribution in [0.25, 0.3) is 0 Å². The molecule has 0 spiro atoms.